The van der Waals surface area contributed by atoms with Gasteiger partial charge < -0.3 is 5.32 Å². The van der Waals surface area contributed by atoms with Gasteiger partial charge in [-0.25, -0.2) is 19.6 Å². The van der Waals surface area contributed by atoms with E-state index in [9.17, 15) is 4.79 Å². The quantitative estimate of drug-likeness (QED) is 0.760. The Kier molecular flexibility index (Phi) is 4.15. The molecule has 1 N–H and O–H groups in total. The summed E-state index contributed by atoms with van der Waals surface area (Å²) in [7, 11) is 0. The second kappa shape index (κ2) is 6.57. The maximum atomic E-state index is 11.8. The zero-order chi connectivity index (χ0) is 15.2. The van der Waals surface area contributed by atoms with E-state index in [-0.39, 0.29) is 12.5 Å². The molecule has 110 valence electrons. The molecule has 7 heteroatoms. The molecule has 0 radical (unpaired) electrons. The van der Waals surface area contributed by atoms with Crippen LogP contribution in [0.25, 0.3) is 11.3 Å². The highest BCUT2D eigenvalue weighted by Crippen LogP contribution is 2.15. The van der Waals surface area contributed by atoms with Crippen molar-refractivity contribution in [1.82, 2.24) is 30.0 Å². The van der Waals surface area contributed by atoms with E-state index in [2.05, 4.69) is 25.4 Å². The van der Waals surface area contributed by atoms with Crippen LogP contribution >= 0.6 is 0 Å². The Bertz CT molecular complexity index is 742. The third kappa shape index (κ3) is 3.51. The fourth-order valence-corrected chi connectivity index (χ4v) is 1.97. The van der Waals surface area contributed by atoms with Crippen LogP contribution in [0, 0.1) is 0 Å². The number of carbonyl (C=O) groups is 1. The van der Waals surface area contributed by atoms with Crippen molar-refractivity contribution in [3.05, 3.63) is 61.1 Å². The molecule has 0 bridgehead atoms. The molecular formula is C15H14N6O. The highest BCUT2D eigenvalue weighted by molar-refractivity contribution is 5.75. The summed E-state index contributed by atoms with van der Waals surface area (Å²) < 4.78 is 1.46. The standard InChI is InChI=1S/C15H14N6O/c22-15(8-21-11-16-9-20-21)17-7-13-6-14(19-10-18-13)12-4-2-1-3-5-12/h1-6,9-11H,7-8H2,(H,17,22). The number of rotatable bonds is 5. The van der Waals surface area contributed by atoms with Crippen LogP contribution in [0.15, 0.2) is 55.4 Å². The van der Waals surface area contributed by atoms with Crippen LogP contribution in [0.1, 0.15) is 5.69 Å². The first-order chi connectivity index (χ1) is 10.8. The Labute approximate surface area is 127 Å². The normalized spacial score (nSPS) is 10.4. The van der Waals surface area contributed by atoms with Gasteiger partial charge in [0.15, 0.2) is 0 Å². The minimum absolute atomic E-state index is 0.136. The van der Waals surface area contributed by atoms with Gasteiger partial charge in [-0.1, -0.05) is 30.3 Å². The second-order valence-corrected chi connectivity index (χ2v) is 4.63. The van der Waals surface area contributed by atoms with E-state index in [1.807, 2.05) is 36.4 Å². The molecule has 7 nitrogen and oxygen atoms in total. The first-order valence-electron chi connectivity index (χ1n) is 6.77. The van der Waals surface area contributed by atoms with E-state index in [0.717, 1.165) is 17.0 Å². The molecule has 3 aromatic rings. The predicted octanol–water partition coefficient (Wildman–Crippen LogP) is 1.05. The topological polar surface area (TPSA) is 85.6 Å². The average molecular weight is 294 g/mol. The van der Waals surface area contributed by atoms with Crippen LogP contribution in [0.5, 0.6) is 0 Å². The number of aromatic nitrogens is 5. The van der Waals surface area contributed by atoms with E-state index in [1.165, 1.54) is 23.7 Å². The van der Waals surface area contributed by atoms with Gasteiger partial charge in [0.25, 0.3) is 0 Å². The Hall–Kier alpha value is -3.09. The van der Waals surface area contributed by atoms with Crippen molar-refractivity contribution < 1.29 is 4.79 Å². The summed E-state index contributed by atoms with van der Waals surface area (Å²) in [5.41, 5.74) is 2.59. The number of hydrogen-bond donors (Lipinski definition) is 1. The summed E-state index contributed by atoms with van der Waals surface area (Å²) in [4.78, 5) is 24.0. The van der Waals surface area contributed by atoms with Crippen molar-refractivity contribution in [1.29, 1.82) is 0 Å². The molecule has 1 aromatic carbocycles. The molecule has 1 amide bonds. The smallest absolute Gasteiger partial charge is 0.242 e. The van der Waals surface area contributed by atoms with Gasteiger partial charge in [0.05, 0.1) is 17.9 Å². The summed E-state index contributed by atoms with van der Waals surface area (Å²) in [6.07, 6.45) is 4.39. The Morgan fingerprint density at radius 3 is 2.77 bits per heavy atom. The van der Waals surface area contributed by atoms with Crippen molar-refractivity contribution in [2.45, 2.75) is 13.1 Å². The van der Waals surface area contributed by atoms with Crippen LogP contribution < -0.4 is 5.32 Å². The molecule has 0 unspecified atom stereocenters. The molecule has 0 spiro atoms. The maximum Gasteiger partial charge on any atom is 0.242 e. The van der Waals surface area contributed by atoms with Gasteiger partial charge >= 0.3 is 0 Å². The van der Waals surface area contributed by atoms with Crippen LogP contribution in [0.2, 0.25) is 0 Å². The number of benzene rings is 1. The largest absolute Gasteiger partial charge is 0.349 e. The number of amides is 1. The van der Waals surface area contributed by atoms with E-state index in [4.69, 9.17) is 0 Å². The highest BCUT2D eigenvalue weighted by atomic mass is 16.2. The number of hydrogen-bond acceptors (Lipinski definition) is 5. The summed E-state index contributed by atoms with van der Waals surface area (Å²) in [6, 6.07) is 11.7. The van der Waals surface area contributed by atoms with E-state index in [1.54, 1.807) is 0 Å². The van der Waals surface area contributed by atoms with Gasteiger partial charge in [-0.2, -0.15) is 5.10 Å². The minimum atomic E-state index is -0.148. The van der Waals surface area contributed by atoms with Crippen molar-refractivity contribution in [3.8, 4) is 11.3 Å². The third-order valence-electron chi connectivity index (χ3n) is 3.03. The average Bonchev–Trinajstić information content (AvgIpc) is 3.07. The van der Waals surface area contributed by atoms with Crippen molar-refractivity contribution in [3.63, 3.8) is 0 Å². The lowest BCUT2D eigenvalue weighted by molar-refractivity contribution is -0.122. The first-order valence-corrected chi connectivity index (χ1v) is 6.77. The van der Waals surface area contributed by atoms with Crippen LogP contribution in [0.4, 0.5) is 0 Å². The first kappa shape index (κ1) is 13.9. The molecule has 22 heavy (non-hydrogen) atoms. The molecule has 0 aliphatic rings. The summed E-state index contributed by atoms with van der Waals surface area (Å²) in [5.74, 6) is -0.148. The van der Waals surface area contributed by atoms with Gasteiger partial charge in [-0.15, -0.1) is 0 Å². The molecule has 0 saturated carbocycles. The van der Waals surface area contributed by atoms with Gasteiger partial charge in [-0.3, -0.25) is 4.79 Å². The molecule has 3 rings (SSSR count). The van der Waals surface area contributed by atoms with Crippen molar-refractivity contribution in [2.24, 2.45) is 0 Å². The molecular weight excluding hydrogens is 280 g/mol. The van der Waals surface area contributed by atoms with Gasteiger partial charge in [0, 0.05) is 5.56 Å². The number of nitrogens with zero attached hydrogens (tertiary/aromatic N) is 5. The number of carbonyl (C=O) groups excluding carboxylic acids is 1. The minimum Gasteiger partial charge on any atom is -0.349 e. The zero-order valence-corrected chi connectivity index (χ0v) is 11.8. The SMILES string of the molecule is O=C(Cn1cncn1)NCc1cc(-c2ccccc2)ncn1. The van der Waals surface area contributed by atoms with E-state index >= 15 is 0 Å². The molecule has 0 aliphatic carbocycles. The number of nitrogens with one attached hydrogen (secondary N) is 1. The Morgan fingerprint density at radius 2 is 2.00 bits per heavy atom. The van der Waals surface area contributed by atoms with E-state index in [0.29, 0.717) is 6.54 Å². The van der Waals surface area contributed by atoms with Crippen LogP contribution in [-0.2, 0) is 17.9 Å². The highest BCUT2D eigenvalue weighted by Gasteiger charge is 2.05. The molecule has 0 saturated heterocycles. The monoisotopic (exact) mass is 294 g/mol. The predicted molar refractivity (Wildman–Crippen MR) is 79.3 cm³/mol. The lowest BCUT2D eigenvalue weighted by atomic mass is 10.1. The second-order valence-electron chi connectivity index (χ2n) is 4.63. The van der Waals surface area contributed by atoms with Gasteiger partial charge in [0.2, 0.25) is 5.91 Å². The van der Waals surface area contributed by atoms with Gasteiger partial charge in [-0.05, 0) is 6.07 Å². The Morgan fingerprint density at radius 1 is 1.14 bits per heavy atom. The van der Waals surface area contributed by atoms with Crippen molar-refractivity contribution >= 4 is 5.91 Å². The summed E-state index contributed by atoms with van der Waals surface area (Å²) in [6.45, 7) is 0.479. The summed E-state index contributed by atoms with van der Waals surface area (Å²) >= 11 is 0. The Balaban J connectivity index is 1.62. The third-order valence-corrected chi connectivity index (χ3v) is 3.03. The van der Waals surface area contributed by atoms with Crippen LogP contribution in [-0.4, -0.2) is 30.6 Å². The van der Waals surface area contributed by atoms with Gasteiger partial charge in [0.1, 0.15) is 25.5 Å². The lowest BCUT2D eigenvalue weighted by Crippen LogP contribution is -2.27. The molecule has 2 aromatic heterocycles. The van der Waals surface area contributed by atoms with Crippen LogP contribution in [0.3, 0.4) is 0 Å². The fraction of sp³-hybridized carbons (Fsp3) is 0.133. The maximum absolute atomic E-state index is 11.8. The molecule has 2 heterocycles. The van der Waals surface area contributed by atoms with Crippen molar-refractivity contribution in [2.75, 3.05) is 0 Å². The fourth-order valence-electron chi connectivity index (χ4n) is 1.97. The molecule has 0 aliphatic heterocycles. The molecule has 0 atom stereocenters. The molecule has 0 fully saturated rings. The van der Waals surface area contributed by atoms with E-state index < -0.39 is 0 Å². The lowest BCUT2D eigenvalue weighted by Gasteiger charge is -2.06. The zero-order valence-electron chi connectivity index (χ0n) is 11.8. The summed E-state index contributed by atoms with van der Waals surface area (Å²) in [5, 5.41) is 6.68.